The van der Waals surface area contributed by atoms with Crippen LogP contribution in [0.1, 0.15) is 25.5 Å². The van der Waals surface area contributed by atoms with Crippen molar-refractivity contribution in [2.75, 3.05) is 13.7 Å². The molecule has 1 N–H and O–H groups in total. The largest absolute Gasteiger partial charge is 0.494 e. The quantitative estimate of drug-likeness (QED) is 0.607. The molecule has 0 aliphatic rings. The normalized spacial score (nSPS) is 11.8. The molecule has 1 atom stereocenters. The van der Waals surface area contributed by atoms with E-state index in [-0.39, 0.29) is 18.5 Å². The number of aromatic nitrogens is 3. The summed E-state index contributed by atoms with van der Waals surface area (Å²) in [4.78, 5) is 14.6. The summed E-state index contributed by atoms with van der Waals surface area (Å²) in [5.41, 5.74) is 1.95. The maximum atomic E-state index is 12.9. The van der Waals surface area contributed by atoms with E-state index in [1.165, 1.54) is 0 Å². The van der Waals surface area contributed by atoms with Crippen LogP contribution in [0.2, 0.25) is 0 Å². The van der Waals surface area contributed by atoms with Crippen LogP contribution < -0.4 is 4.74 Å². The maximum Gasteiger partial charge on any atom is 0.242 e. The number of amides is 1. The van der Waals surface area contributed by atoms with Gasteiger partial charge < -0.3 is 9.64 Å². The summed E-state index contributed by atoms with van der Waals surface area (Å²) in [5, 5.41) is 7.11. The second-order valence-electron chi connectivity index (χ2n) is 6.49. The van der Waals surface area contributed by atoms with Crippen molar-refractivity contribution < 1.29 is 9.53 Å². The molecule has 28 heavy (non-hydrogen) atoms. The number of aromatic amines is 1. The predicted molar refractivity (Wildman–Crippen MR) is 112 cm³/mol. The molecule has 0 radical (unpaired) electrons. The Bertz CT molecular complexity index is 980. The molecule has 3 aromatic rings. The van der Waals surface area contributed by atoms with Gasteiger partial charge in [0.15, 0.2) is 10.6 Å². The molecule has 146 valence electrons. The minimum atomic E-state index is -0.0407. The van der Waals surface area contributed by atoms with Gasteiger partial charge in [0.2, 0.25) is 5.91 Å². The summed E-state index contributed by atoms with van der Waals surface area (Å²) < 4.78 is 7.62. The Morgan fingerprint density at radius 3 is 2.54 bits per heavy atom. The SMILES string of the molecule is CCOc1ccc(-c2n[nH]c(=S)n2CC(=O)N(C)C(C)c2ccccc2)cc1. The Labute approximate surface area is 169 Å². The molecule has 0 saturated heterocycles. The number of carbonyl (C=O) groups is 1. The molecule has 1 amide bonds. The number of rotatable bonds is 7. The molecule has 1 unspecified atom stereocenters. The van der Waals surface area contributed by atoms with Gasteiger partial charge in [0.25, 0.3) is 0 Å². The Hall–Kier alpha value is -2.93. The third-order valence-corrected chi connectivity index (χ3v) is 5.04. The van der Waals surface area contributed by atoms with Gasteiger partial charge >= 0.3 is 0 Å². The van der Waals surface area contributed by atoms with Crippen LogP contribution in [0, 0.1) is 4.77 Å². The molecule has 0 aliphatic heterocycles. The van der Waals surface area contributed by atoms with Crippen LogP contribution >= 0.6 is 12.2 Å². The Balaban J connectivity index is 1.80. The number of benzene rings is 2. The first-order valence-electron chi connectivity index (χ1n) is 9.20. The van der Waals surface area contributed by atoms with Crippen LogP contribution in [0.4, 0.5) is 0 Å². The van der Waals surface area contributed by atoms with Crippen molar-refractivity contribution in [2.45, 2.75) is 26.4 Å². The molecule has 2 aromatic carbocycles. The van der Waals surface area contributed by atoms with Gasteiger partial charge in [0.1, 0.15) is 12.3 Å². The molecule has 0 aliphatic carbocycles. The van der Waals surface area contributed by atoms with E-state index in [1.807, 2.05) is 68.4 Å². The summed E-state index contributed by atoms with van der Waals surface area (Å²) in [6.07, 6.45) is 0. The number of H-pyrrole nitrogens is 1. The first kappa shape index (κ1) is 19.8. The zero-order valence-corrected chi connectivity index (χ0v) is 17.1. The molecular weight excluding hydrogens is 372 g/mol. The number of likely N-dealkylation sites (N-methyl/N-ethyl adjacent to an activating group) is 1. The Morgan fingerprint density at radius 1 is 1.21 bits per heavy atom. The average molecular weight is 397 g/mol. The number of nitrogens with one attached hydrogen (secondary N) is 1. The Morgan fingerprint density at radius 2 is 1.89 bits per heavy atom. The van der Waals surface area contributed by atoms with Crippen LogP contribution in [-0.2, 0) is 11.3 Å². The number of hydrogen-bond donors (Lipinski definition) is 1. The van der Waals surface area contributed by atoms with Crippen molar-refractivity contribution in [3.63, 3.8) is 0 Å². The van der Waals surface area contributed by atoms with Gasteiger partial charge in [-0.25, -0.2) is 0 Å². The minimum Gasteiger partial charge on any atom is -0.494 e. The fourth-order valence-electron chi connectivity index (χ4n) is 2.97. The molecule has 6 nitrogen and oxygen atoms in total. The van der Waals surface area contributed by atoms with Crippen LogP contribution in [0.3, 0.4) is 0 Å². The summed E-state index contributed by atoms with van der Waals surface area (Å²) in [7, 11) is 1.81. The van der Waals surface area contributed by atoms with Gasteiger partial charge in [-0.3, -0.25) is 14.5 Å². The van der Waals surface area contributed by atoms with Crippen LogP contribution in [0.15, 0.2) is 54.6 Å². The molecule has 0 fully saturated rings. The highest BCUT2D eigenvalue weighted by atomic mass is 32.1. The fraction of sp³-hybridized carbons (Fsp3) is 0.286. The summed E-state index contributed by atoms with van der Waals surface area (Å²) in [6.45, 7) is 4.68. The Kier molecular flexibility index (Phi) is 6.26. The number of ether oxygens (including phenoxy) is 1. The monoisotopic (exact) mass is 396 g/mol. The van der Waals surface area contributed by atoms with Gasteiger partial charge in [-0.05, 0) is 55.9 Å². The molecule has 3 rings (SSSR count). The van der Waals surface area contributed by atoms with Crippen molar-refractivity contribution in [3.05, 3.63) is 64.9 Å². The first-order valence-corrected chi connectivity index (χ1v) is 9.61. The lowest BCUT2D eigenvalue weighted by atomic mass is 10.1. The van der Waals surface area contributed by atoms with Crippen molar-refractivity contribution in [3.8, 4) is 17.1 Å². The van der Waals surface area contributed by atoms with E-state index in [2.05, 4.69) is 10.2 Å². The molecule has 1 heterocycles. The number of hydrogen-bond acceptors (Lipinski definition) is 4. The van der Waals surface area contributed by atoms with E-state index in [0.717, 1.165) is 16.9 Å². The van der Waals surface area contributed by atoms with Gasteiger partial charge in [-0.2, -0.15) is 5.10 Å². The summed E-state index contributed by atoms with van der Waals surface area (Å²) in [6, 6.07) is 17.5. The smallest absolute Gasteiger partial charge is 0.242 e. The summed E-state index contributed by atoms with van der Waals surface area (Å²) in [5.74, 6) is 1.38. The number of carbonyl (C=O) groups excluding carboxylic acids is 1. The highest BCUT2D eigenvalue weighted by Crippen LogP contribution is 2.22. The van der Waals surface area contributed by atoms with Crippen molar-refractivity contribution in [2.24, 2.45) is 0 Å². The zero-order chi connectivity index (χ0) is 20.1. The third-order valence-electron chi connectivity index (χ3n) is 4.73. The van der Waals surface area contributed by atoms with Crippen LogP contribution in [0.25, 0.3) is 11.4 Å². The lowest BCUT2D eigenvalue weighted by Gasteiger charge is -2.25. The van der Waals surface area contributed by atoms with Gasteiger partial charge in [0.05, 0.1) is 12.6 Å². The molecule has 7 heteroatoms. The molecule has 1 aromatic heterocycles. The average Bonchev–Trinajstić information content (AvgIpc) is 3.08. The lowest BCUT2D eigenvalue weighted by Crippen LogP contribution is -2.32. The molecule has 0 saturated carbocycles. The predicted octanol–water partition coefficient (Wildman–Crippen LogP) is 4.23. The molecule has 0 bridgehead atoms. The van der Waals surface area contributed by atoms with E-state index >= 15 is 0 Å². The third kappa shape index (κ3) is 4.31. The van der Waals surface area contributed by atoms with Crippen molar-refractivity contribution >= 4 is 18.1 Å². The van der Waals surface area contributed by atoms with Crippen LogP contribution in [-0.4, -0.2) is 39.2 Å². The van der Waals surface area contributed by atoms with Crippen molar-refractivity contribution in [1.29, 1.82) is 0 Å². The molecule has 0 spiro atoms. The van der Waals surface area contributed by atoms with E-state index in [1.54, 1.807) is 16.5 Å². The van der Waals surface area contributed by atoms with E-state index in [4.69, 9.17) is 17.0 Å². The standard InChI is InChI=1S/C21H24N4O2S/c1-4-27-18-12-10-17(11-13-18)20-22-23-21(28)25(20)14-19(26)24(3)15(2)16-8-6-5-7-9-16/h5-13,15H,4,14H2,1-3H3,(H,23,28). The van der Waals surface area contributed by atoms with Gasteiger partial charge in [-0.1, -0.05) is 30.3 Å². The second-order valence-corrected chi connectivity index (χ2v) is 6.87. The van der Waals surface area contributed by atoms with E-state index in [9.17, 15) is 4.79 Å². The lowest BCUT2D eigenvalue weighted by molar-refractivity contribution is -0.132. The fourth-order valence-corrected chi connectivity index (χ4v) is 3.17. The minimum absolute atomic E-state index is 0.0382. The van der Waals surface area contributed by atoms with Gasteiger partial charge in [0, 0.05) is 12.6 Å². The summed E-state index contributed by atoms with van der Waals surface area (Å²) >= 11 is 5.35. The highest BCUT2D eigenvalue weighted by molar-refractivity contribution is 7.71. The highest BCUT2D eigenvalue weighted by Gasteiger charge is 2.20. The van der Waals surface area contributed by atoms with Gasteiger partial charge in [-0.15, -0.1) is 0 Å². The van der Waals surface area contributed by atoms with E-state index in [0.29, 0.717) is 17.2 Å². The first-order chi connectivity index (χ1) is 13.5. The van der Waals surface area contributed by atoms with E-state index < -0.39 is 0 Å². The topological polar surface area (TPSA) is 63.1 Å². The molecular formula is C21H24N4O2S. The van der Waals surface area contributed by atoms with Crippen LogP contribution in [0.5, 0.6) is 5.75 Å². The maximum absolute atomic E-state index is 12.9. The van der Waals surface area contributed by atoms with Crippen molar-refractivity contribution in [1.82, 2.24) is 19.7 Å². The zero-order valence-electron chi connectivity index (χ0n) is 16.3. The second kappa shape index (κ2) is 8.84. The number of nitrogens with zero attached hydrogens (tertiary/aromatic N) is 3.